The van der Waals surface area contributed by atoms with E-state index in [9.17, 15) is 9.59 Å². The molecule has 1 aromatic heterocycles. The molecule has 5 heteroatoms. The molecule has 0 aliphatic heterocycles. The van der Waals surface area contributed by atoms with Crippen molar-refractivity contribution >= 4 is 5.91 Å². The van der Waals surface area contributed by atoms with E-state index in [0.29, 0.717) is 29.2 Å². The molecule has 0 aliphatic rings. The lowest BCUT2D eigenvalue weighted by molar-refractivity contribution is 0.0946. The second-order valence-corrected chi connectivity index (χ2v) is 4.67. The number of aryl methyl sites for hydroxylation is 2. The molecule has 2 aromatic rings. The van der Waals surface area contributed by atoms with Crippen LogP contribution in [0.2, 0.25) is 0 Å². The molecule has 0 saturated heterocycles. The Morgan fingerprint density at radius 1 is 1.29 bits per heavy atom. The maximum absolute atomic E-state index is 12.3. The van der Waals surface area contributed by atoms with Crippen LogP contribution >= 0.6 is 0 Å². The summed E-state index contributed by atoms with van der Waals surface area (Å²) >= 11 is 0. The van der Waals surface area contributed by atoms with Crippen LogP contribution in [0.5, 0.6) is 5.75 Å². The predicted molar refractivity (Wildman–Crippen MR) is 78.6 cm³/mol. The Morgan fingerprint density at radius 2 is 2.00 bits per heavy atom. The van der Waals surface area contributed by atoms with E-state index in [-0.39, 0.29) is 5.91 Å². The van der Waals surface area contributed by atoms with E-state index in [4.69, 9.17) is 9.15 Å². The second kappa shape index (κ2) is 6.26. The van der Waals surface area contributed by atoms with Crippen LogP contribution in [0.3, 0.4) is 0 Å². The van der Waals surface area contributed by atoms with Crippen LogP contribution < -0.4 is 15.7 Å². The smallest absolute Gasteiger partial charge is 0.336 e. The standard InChI is InChI=1S/C16H17NO4/c1-10-8-14(18)21-11(2)15(10)16(19)17-9-12-6-4-5-7-13(12)20-3/h4-8H,9H2,1-3H3,(H,17,19). The van der Waals surface area contributed by atoms with Crippen LogP contribution in [0.25, 0.3) is 0 Å². The number of nitrogens with one attached hydrogen (secondary N) is 1. The minimum atomic E-state index is -0.453. The molecule has 1 amide bonds. The summed E-state index contributed by atoms with van der Waals surface area (Å²) in [4.78, 5) is 23.5. The molecule has 0 radical (unpaired) electrons. The van der Waals surface area contributed by atoms with Gasteiger partial charge >= 0.3 is 5.63 Å². The average Bonchev–Trinajstić information content (AvgIpc) is 2.44. The first-order chi connectivity index (χ1) is 10.0. The fourth-order valence-corrected chi connectivity index (χ4v) is 2.21. The van der Waals surface area contributed by atoms with E-state index in [1.54, 1.807) is 21.0 Å². The summed E-state index contributed by atoms with van der Waals surface area (Å²) < 4.78 is 10.2. The fourth-order valence-electron chi connectivity index (χ4n) is 2.21. The van der Waals surface area contributed by atoms with Crippen molar-refractivity contribution in [1.82, 2.24) is 5.32 Å². The van der Waals surface area contributed by atoms with Gasteiger partial charge in [-0.05, 0) is 25.5 Å². The fraction of sp³-hybridized carbons (Fsp3) is 0.250. The van der Waals surface area contributed by atoms with Crippen LogP contribution in [-0.4, -0.2) is 13.0 Å². The number of ether oxygens (including phenoxy) is 1. The summed E-state index contributed by atoms with van der Waals surface area (Å²) in [5.41, 5.74) is 1.41. The van der Waals surface area contributed by atoms with E-state index >= 15 is 0 Å². The van der Waals surface area contributed by atoms with Gasteiger partial charge in [-0.15, -0.1) is 0 Å². The summed E-state index contributed by atoms with van der Waals surface area (Å²) in [6.07, 6.45) is 0. The number of hydrogen-bond donors (Lipinski definition) is 1. The van der Waals surface area contributed by atoms with Crippen molar-refractivity contribution in [2.24, 2.45) is 0 Å². The zero-order chi connectivity index (χ0) is 15.4. The predicted octanol–water partition coefficient (Wildman–Crippen LogP) is 2.20. The molecule has 0 spiro atoms. The molecule has 0 fully saturated rings. The van der Waals surface area contributed by atoms with Gasteiger partial charge in [-0.25, -0.2) is 4.79 Å². The molecule has 1 N–H and O–H groups in total. The third kappa shape index (κ3) is 3.31. The molecule has 0 bridgehead atoms. The van der Waals surface area contributed by atoms with Crippen molar-refractivity contribution in [3.05, 3.63) is 63.2 Å². The van der Waals surface area contributed by atoms with Gasteiger partial charge in [0.05, 0.1) is 12.7 Å². The molecule has 5 nitrogen and oxygen atoms in total. The highest BCUT2D eigenvalue weighted by Gasteiger charge is 2.15. The van der Waals surface area contributed by atoms with Gasteiger partial charge in [0, 0.05) is 18.2 Å². The lowest BCUT2D eigenvalue weighted by atomic mass is 10.1. The molecule has 1 heterocycles. The van der Waals surface area contributed by atoms with Crippen LogP contribution in [0.15, 0.2) is 39.5 Å². The van der Waals surface area contributed by atoms with Gasteiger partial charge in [0.15, 0.2) is 0 Å². The monoisotopic (exact) mass is 287 g/mol. The average molecular weight is 287 g/mol. The maximum Gasteiger partial charge on any atom is 0.336 e. The SMILES string of the molecule is COc1ccccc1CNC(=O)c1c(C)cc(=O)oc1C. The topological polar surface area (TPSA) is 68.5 Å². The Hall–Kier alpha value is -2.56. The van der Waals surface area contributed by atoms with Crippen molar-refractivity contribution in [3.8, 4) is 5.75 Å². The third-order valence-corrected chi connectivity index (χ3v) is 3.19. The minimum Gasteiger partial charge on any atom is -0.496 e. The van der Waals surface area contributed by atoms with Gasteiger partial charge in [0.2, 0.25) is 0 Å². The molecule has 0 saturated carbocycles. The summed E-state index contributed by atoms with van der Waals surface area (Å²) in [7, 11) is 1.58. The van der Waals surface area contributed by atoms with Crippen molar-refractivity contribution < 1.29 is 13.9 Å². The minimum absolute atomic E-state index is 0.278. The number of carbonyl (C=O) groups is 1. The van der Waals surface area contributed by atoms with Gasteiger partial charge in [0.25, 0.3) is 5.91 Å². The molecular weight excluding hydrogens is 270 g/mol. The number of methoxy groups -OCH3 is 1. The number of carbonyl (C=O) groups excluding carboxylic acids is 1. The van der Waals surface area contributed by atoms with E-state index in [2.05, 4.69) is 5.32 Å². The van der Waals surface area contributed by atoms with Crippen molar-refractivity contribution in [3.63, 3.8) is 0 Å². The molecular formula is C16H17NO4. The first-order valence-electron chi connectivity index (χ1n) is 6.54. The van der Waals surface area contributed by atoms with Crippen LogP contribution in [0.1, 0.15) is 27.2 Å². The number of hydrogen-bond acceptors (Lipinski definition) is 4. The summed E-state index contributed by atoms with van der Waals surface area (Å²) in [6, 6.07) is 8.76. The van der Waals surface area contributed by atoms with Crippen molar-refractivity contribution in [2.75, 3.05) is 7.11 Å². The lowest BCUT2D eigenvalue weighted by Crippen LogP contribution is -2.25. The Morgan fingerprint density at radius 3 is 2.67 bits per heavy atom. The summed E-state index contributed by atoms with van der Waals surface area (Å²) in [5, 5.41) is 2.81. The van der Waals surface area contributed by atoms with Gasteiger partial charge in [-0.2, -0.15) is 0 Å². The Labute approximate surface area is 122 Å². The molecule has 110 valence electrons. The van der Waals surface area contributed by atoms with Crippen LogP contribution in [-0.2, 0) is 6.54 Å². The van der Waals surface area contributed by atoms with Crippen molar-refractivity contribution in [2.45, 2.75) is 20.4 Å². The molecule has 2 rings (SSSR count). The lowest BCUT2D eigenvalue weighted by Gasteiger charge is -2.11. The summed E-state index contributed by atoms with van der Waals surface area (Å²) in [6.45, 7) is 3.65. The van der Waals surface area contributed by atoms with Gasteiger partial charge in [-0.1, -0.05) is 18.2 Å². The number of benzene rings is 1. The molecule has 0 atom stereocenters. The third-order valence-electron chi connectivity index (χ3n) is 3.19. The largest absolute Gasteiger partial charge is 0.496 e. The van der Waals surface area contributed by atoms with Gasteiger partial charge in [-0.3, -0.25) is 4.79 Å². The first kappa shape index (κ1) is 14.8. The second-order valence-electron chi connectivity index (χ2n) is 4.67. The normalized spacial score (nSPS) is 10.2. The highest BCUT2D eigenvalue weighted by atomic mass is 16.5. The quantitative estimate of drug-likeness (QED) is 0.936. The van der Waals surface area contributed by atoms with Gasteiger partial charge in [0.1, 0.15) is 11.5 Å². The van der Waals surface area contributed by atoms with Crippen molar-refractivity contribution in [1.29, 1.82) is 0 Å². The molecule has 21 heavy (non-hydrogen) atoms. The van der Waals surface area contributed by atoms with E-state index in [0.717, 1.165) is 5.56 Å². The molecule has 0 unspecified atom stereocenters. The van der Waals surface area contributed by atoms with E-state index < -0.39 is 5.63 Å². The van der Waals surface area contributed by atoms with E-state index in [1.807, 2.05) is 24.3 Å². The number of rotatable bonds is 4. The highest BCUT2D eigenvalue weighted by molar-refractivity contribution is 5.96. The molecule has 0 aliphatic carbocycles. The highest BCUT2D eigenvalue weighted by Crippen LogP contribution is 2.17. The summed E-state index contributed by atoms with van der Waals surface area (Å²) in [5.74, 6) is 0.753. The zero-order valence-corrected chi connectivity index (χ0v) is 12.2. The number of amides is 1. The molecule has 1 aromatic carbocycles. The number of para-hydroxylation sites is 1. The van der Waals surface area contributed by atoms with Crippen LogP contribution in [0.4, 0.5) is 0 Å². The van der Waals surface area contributed by atoms with Gasteiger partial charge < -0.3 is 14.5 Å². The van der Waals surface area contributed by atoms with E-state index in [1.165, 1.54) is 6.07 Å². The van der Waals surface area contributed by atoms with Crippen LogP contribution in [0, 0.1) is 13.8 Å². The maximum atomic E-state index is 12.3. The first-order valence-corrected chi connectivity index (χ1v) is 6.54. The Kier molecular flexibility index (Phi) is 4.42. The Balaban J connectivity index is 2.18. The Bertz CT molecular complexity index is 692. The zero-order valence-electron chi connectivity index (χ0n) is 12.2.